The molecule has 1 saturated carbocycles. The van der Waals surface area contributed by atoms with Gasteiger partial charge in [0.1, 0.15) is 11.9 Å². The fourth-order valence-electron chi connectivity index (χ4n) is 1.92. The second-order valence-corrected chi connectivity index (χ2v) is 4.06. The first-order chi connectivity index (χ1) is 6.74. The Morgan fingerprint density at radius 3 is 2.86 bits per heavy atom. The van der Waals surface area contributed by atoms with Crippen molar-refractivity contribution in [3.63, 3.8) is 0 Å². The summed E-state index contributed by atoms with van der Waals surface area (Å²) in [4.78, 5) is 24.7. The topological polar surface area (TPSA) is 49.4 Å². The molecule has 0 radical (unpaired) electrons. The number of carbonyl (C=O) groups is 2. The number of alkyl halides is 1. The van der Waals surface area contributed by atoms with Crippen LogP contribution in [0, 0.1) is 5.92 Å². The minimum Gasteiger partial charge on any atom is -0.353 e. The number of carbonyl (C=O) groups excluding carboxylic acids is 2. The third-order valence-corrected chi connectivity index (χ3v) is 2.99. The molecule has 0 aromatic carbocycles. The van der Waals surface area contributed by atoms with Gasteiger partial charge in [-0.1, -0.05) is 0 Å². The average Bonchev–Trinajstić information content (AvgIpc) is 3.00. The van der Waals surface area contributed by atoms with Gasteiger partial charge in [-0.25, -0.2) is 0 Å². The lowest BCUT2D eigenvalue weighted by molar-refractivity contribution is -0.142. The number of hydrogen-bond donors (Lipinski definition) is 1. The summed E-state index contributed by atoms with van der Waals surface area (Å²) in [6.07, 6.45) is 2.09. The van der Waals surface area contributed by atoms with Crippen LogP contribution in [0.3, 0.4) is 0 Å². The van der Waals surface area contributed by atoms with Crippen molar-refractivity contribution in [2.24, 2.45) is 5.92 Å². The smallest absolute Gasteiger partial charge is 0.243 e. The van der Waals surface area contributed by atoms with Gasteiger partial charge < -0.3 is 10.2 Å². The van der Waals surface area contributed by atoms with E-state index in [0.29, 0.717) is 19.0 Å². The van der Waals surface area contributed by atoms with E-state index in [0.717, 1.165) is 12.8 Å². The Kier molecular flexibility index (Phi) is 2.63. The van der Waals surface area contributed by atoms with Crippen molar-refractivity contribution in [3.8, 4) is 0 Å². The predicted octanol–water partition coefficient (Wildman–Crippen LogP) is -0.0378. The van der Waals surface area contributed by atoms with Crippen molar-refractivity contribution in [3.05, 3.63) is 0 Å². The van der Waals surface area contributed by atoms with Gasteiger partial charge in [0.05, 0.1) is 0 Å². The summed E-state index contributed by atoms with van der Waals surface area (Å²) in [5.41, 5.74) is 0. The summed E-state index contributed by atoms with van der Waals surface area (Å²) < 4.78 is 0. The highest BCUT2D eigenvalue weighted by molar-refractivity contribution is 6.27. The van der Waals surface area contributed by atoms with Gasteiger partial charge >= 0.3 is 0 Å². The zero-order chi connectivity index (χ0) is 10.1. The van der Waals surface area contributed by atoms with Crippen LogP contribution in [-0.4, -0.2) is 41.7 Å². The molecule has 0 spiro atoms. The Labute approximate surface area is 87.6 Å². The Balaban J connectivity index is 2.11. The Hall–Kier alpha value is -0.770. The zero-order valence-corrected chi connectivity index (χ0v) is 8.59. The molecule has 1 aliphatic heterocycles. The Morgan fingerprint density at radius 2 is 2.29 bits per heavy atom. The Morgan fingerprint density at radius 1 is 1.57 bits per heavy atom. The molecule has 78 valence electrons. The first-order valence-electron chi connectivity index (χ1n) is 4.87. The lowest BCUT2D eigenvalue weighted by atomic mass is 10.1. The molecule has 1 atom stereocenters. The van der Waals surface area contributed by atoms with E-state index in [-0.39, 0.29) is 23.7 Å². The van der Waals surface area contributed by atoms with Gasteiger partial charge in [0.15, 0.2) is 0 Å². The van der Waals surface area contributed by atoms with Crippen LogP contribution in [0.1, 0.15) is 12.8 Å². The van der Waals surface area contributed by atoms with E-state index in [1.807, 2.05) is 0 Å². The summed E-state index contributed by atoms with van der Waals surface area (Å²) in [6, 6.07) is -0.255. The summed E-state index contributed by atoms with van der Waals surface area (Å²) >= 11 is 5.50. The van der Waals surface area contributed by atoms with Crippen LogP contribution < -0.4 is 5.32 Å². The van der Waals surface area contributed by atoms with Crippen LogP contribution in [0.4, 0.5) is 0 Å². The molecule has 14 heavy (non-hydrogen) atoms. The number of rotatable bonds is 2. The van der Waals surface area contributed by atoms with E-state index in [2.05, 4.69) is 5.32 Å². The first-order valence-corrected chi connectivity index (χ1v) is 5.40. The number of piperazine rings is 1. The van der Waals surface area contributed by atoms with E-state index in [1.165, 1.54) is 0 Å². The van der Waals surface area contributed by atoms with Gasteiger partial charge in [0.25, 0.3) is 0 Å². The van der Waals surface area contributed by atoms with Crippen LogP contribution >= 0.6 is 11.6 Å². The van der Waals surface area contributed by atoms with Gasteiger partial charge in [-0.05, 0) is 18.8 Å². The van der Waals surface area contributed by atoms with E-state index in [1.54, 1.807) is 4.90 Å². The number of hydrogen-bond acceptors (Lipinski definition) is 2. The molecular weight excluding hydrogens is 204 g/mol. The summed E-state index contributed by atoms with van der Waals surface area (Å²) in [6.45, 7) is 1.14. The standard InChI is InChI=1S/C9H13ClN2O2/c10-5-7(13)12-4-3-11-9(14)8(12)6-1-2-6/h6,8H,1-5H2,(H,11,14). The number of nitrogens with zero attached hydrogens (tertiary/aromatic N) is 1. The normalized spacial score (nSPS) is 27.4. The quantitative estimate of drug-likeness (QED) is 0.659. The number of amides is 2. The molecule has 0 bridgehead atoms. The minimum atomic E-state index is -0.255. The number of nitrogens with one attached hydrogen (secondary N) is 1. The third-order valence-electron chi connectivity index (χ3n) is 2.76. The molecule has 1 saturated heterocycles. The van der Waals surface area contributed by atoms with Gasteiger partial charge in [-0.15, -0.1) is 11.6 Å². The fourth-order valence-corrected chi connectivity index (χ4v) is 2.08. The summed E-state index contributed by atoms with van der Waals surface area (Å²) in [5, 5.41) is 2.79. The van der Waals surface area contributed by atoms with Gasteiger partial charge in [-0.3, -0.25) is 9.59 Å². The van der Waals surface area contributed by atoms with Crippen LogP contribution in [0.15, 0.2) is 0 Å². The molecular formula is C9H13ClN2O2. The zero-order valence-electron chi connectivity index (χ0n) is 7.83. The maximum absolute atomic E-state index is 11.6. The van der Waals surface area contributed by atoms with Crippen molar-refractivity contribution in [1.29, 1.82) is 0 Å². The molecule has 2 amide bonds. The monoisotopic (exact) mass is 216 g/mol. The van der Waals surface area contributed by atoms with Crippen LogP contribution in [0.5, 0.6) is 0 Å². The minimum absolute atomic E-state index is 0.0165. The van der Waals surface area contributed by atoms with Crippen molar-refractivity contribution < 1.29 is 9.59 Å². The summed E-state index contributed by atoms with van der Waals surface area (Å²) in [7, 11) is 0. The molecule has 2 rings (SSSR count). The molecule has 0 aromatic rings. The van der Waals surface area contributed by atoms with E-state index >= 15 is 0 Å². The maximum Gasteiger partial charge on any atom is 0.243 e. The van der Waals surface area contributed by atoms with Crippen molar-refractivity contribution in [2.75, 3.05) is 19.0 Å². The highest BCUT2D eigenvalue weighted by atomic mass is 35.5. The van der Waals surface area contributed by atoms with Crippen molar-refractivity contribution in [1.82, 2.24) is 10.2 Å². The predicted molar refractivity (Wildman–Crippen MR) is 52.0 cm³/mol. The summed E-state index contributed by atoms with van der Waals surface area (Å²) in [5.74, 6) is 0.189. The van der Waals surface area contributed by atoms with Gasteiger partial charge in [0, 0.05) is 13.1 Å². The van der Waals surface area contributed by atoms with Crippen LogP contribution in [0.25, 0.3) is 0 Å². The molecule has 5 heteroatoms. The molecule has 2 aliphatic rings. The van der Waals surface area contributed by atoms with E-state index in [4.69, 9.17) is 11.6 Å². The average molecular weight is 217 g/mol. The van der Waals surface area contributed by atoms with Crippen LogP contribution in [0.2, 0.25) is 0 Å². The molecule has 1 aliphatic carbocycles. The molecule has 1 heterocycles. The van der Waals surface area contributed by atoms with Crippen LogP contribution in [-0.2, 0) is 9.59 Å². The fraction of sp³-hybridized carbons (Fsp3) is 0.778. The lowest BCUT2D eigenvalue weighted by Crippen LogP contribution is -2.58. The first kappa shape index (κ1) is 9.77. The molecule has 0 aromatic heterocycles. The van der Waals surface area contributed by atoms with Crippen molar-refractivity contribution >= 4 is 23.4 Å². The highest BCUT2D eigenvalue weighted by Crippen LogP contribution is 2.36. The second-order valence-electron chi connectivity index (χ2n) is 3.79. The highest BCUT2D eigenvalue weighted by Gasteiger charge is 2.43. The molecule has 1 unspecified atom stereocenters. The largest absolute Gasteiger partial charge is 0.353 e. The molecule has 4 nitrogen and oxygen atoms in total. The third kappa shape index (κ3) is 1.71. The lowest BCUT2D eigenvalue weighted by Gasteiger charge is -2.34. The van der Waals surface area contributed by atoms with E-state index < -0.39 is 0 Å². The van der Waals surface area contributed by atoms with Crippen molar-refractivity contribution in [2.45, 2.75) is 18.9 Å². The molecule has 2 fully saturated rings. The molecule has 1 N–H and O–H groups in total. The van der Waals surface area contributed by atoms with E-state index in [9.17, 15) is 9.59 Å². The maximum atomic E-state index is 11.6. The Bertz CT molecular complexity index is 266. The SMILES string of the molecule is O=C1NCCN(C(=O)CCl)C1C1CC1. The van der Waals surface area contributed by atoms with Gasteiger partial charge in [0.2, 0.25) is 11.8 Å². The second kappa shape index (κ2) is 3.77. The van der Waals surface area contributed by atoms with Gasteiger partial charge in [-0.2, -0.15) is 0 Å². The number of halogens is 1.